The zero-order valence-corrected chi connectivity index (χ0v) is 15.9. The van der Waals surface area contributed by atoms with Gasteiger partial charge in [-0.2, -0.15) is 10.1 Å². The average molecular weight is 391 g/mol. The Morgan fingerprint density at radius 2 is 1.81 bits per heavy atom. The van der Waals surface area contributed by atoms with Crippen LogP contribution in [0.5, 0.6) is 11.5 Å². The normalized spacial score (nSPS) is 15.4. The van der Waals surface area contributed by atoms with Crippen LogP contribution in [0.1, 0.15) is 12.5 Å². The molecule has 0 unspecified atom stereocenters. The maximum absolute atomic E-state index is 12.8. The first-order valence-corrected chi connectivity index (χ1v) is 8.49. The summed E-state index contributed by atoms with van der Waals surface area (Å²) in [4.78, 5) is 12.8. The fraction of sp³-hybridized carbons (Fsp3) is 0.158. The lowest BCUT2D eigenvalue weighted by molar-refractivity contribution is -0.114. The van der Waals surface area contributed by atoms with Gasteiger partial charge in [0, 0.05) is 11.6 Å². The van der Waals surface area contributed by atoms with Gasteiger partial charge in [-0.25, -0.2) is 0 Å². The van der Waals surface area contributed by atoms with Gasteiger partial charge in [-0.15, -0.1) is 0 Å². The van der Waals surface area contributed by atoms with Crippen molar-refractivity contribution in [3.63, 3.8) is 0 Å². The molecule has 0 saturated heterocycles. The van der Waals surface area contributed by atoms with Gasteiger partial charge in [0.25, 0.3) is 5.91 Å². The number of carbonyl (C=O) groups is 1. The summed E-state index contributed by atoms with van der Waals surface area (Å²) >= 11 is 12.0. The number of nitrogens with zero attached hydrogens (tertiary/aromatic N) is 2. The van der Waals surface area contributed by atoms with Crippen LogP contribution in [-0.4, -0.2) is 25.8 Å². The molecule has 1 aliphatic heterocycles. The molecule has 0 aliphatic carbocycles. The molecule has 2 aromatic rings. The summed E-state index contributed by atoms with van der Waals surface area (Å²) in [7, 11) is 3.15. The zero-order valence-electron chi connectivity index (χ0n) is 14.4. The van der Waals surface area contributed by atoms with Crippen molar-refractivity contribution in [3.05, 3.63) is 57.6 Å². The molecular weight excluding hydrogens is 375 g/mol. The number of anilines is 1. The summed E-state index contributed by atoms with van der Waals surface area (Å²) in [5, 5.41) is 6.43. The van der Waals surface area contributed by atoms with Crippen molar-refractivity contribution < 1.29 is 14.3 Å². The van der Waals surface area contributed by atoms with Crippen LogP contribution in [0.25, 0.3) is 6.08 Å². The standard InChI is InChI=1S/C19H16Cl2N2O3/c1-11-15(8-12-4-6-14(25-2)10-18(12)26-3)19(24)23(22-11)13-5-7-16(20)17(21)9-13/h4-10H,1-3H3. The summed E-state index contributed by atoms with van der Waals surface area (Å²) in [6, 6.07) is 10.3. The van der Waals surface area contributed by atoms with E-state index in [1.807, 2.05) is 6.07 Å². The molecule has 0 N–H and O–H groups in total. The number of halogens is 2. The monoisotopic (exact) mass is 390 g/mol. The highest BCUT2D eigenvalue weighted by molar-refractivity contribution is 6.42. The minimum atomic E-state index is -0.251. The van der Waals surface area contributed by atoms with Crippen LogP contribution in [0.2, 0.25) is 10.0 Å². The Morgan fingerprint density at radius 1 is 1.04 bits per heavy atom. The lowest BCUT2D eigenvalue weighted by atomic mass is 10.1. The van der Waals surface area contributed by atoms with Crippen LogP contribution >= 0.6 is 23.2 Å². The van der Waals surface area contributed by atoms with Crippen LogP contribution < -0.4 is 14.5 Å². The lowest BCUT2D eigenvalue weighted by Crippen LogP contribution is -2.21. The Morgan fingerprint density at radius 3 is 2.46 bits per heavy atom. The Hall–Kier alpha value is -2.50. The van der Waals surface area contributed by atoms with E-state index in [0.29, 0.717) is 38.5 Å². The molecule has 1 aliphatic rings. The second-order valence-electron chi connectivity index (χ2n) is 5.57. The van der Waals surface area contributed by atoms with Crippen molar-refractivity contribution in [3.8, 4) is 11.5 Å². The number of benzene rings is 2. The molecule has 1 heterocycles. The molecule has 134 valence electrons. The number of carbonyl (C=O) groups excluding carboxylic acids is 1. The van der Waals surface area contributed by atoms with Crippen LogP contribution in [0.3, 0.4) is 0 Å². The first-order valence-electron chi connectivity index (χ1n) is 7.73. The van der Waals surface area contributed by atoms with Crippen molar-refractivity contribution in [1.29, 1.82) is 0 Å². The number of ether oxygens (including phenoxy) is 2. The van der Waals surface area contributed by atoms with Crippen LogP contribution in [0.4, 0.5) is 5.69 Å². The van der Waals surface area contributed by atoms with E-state index in [9.17, 15) is 4.79 Å². The zero-order chi connectivity index (χ0) is 18.8. The van der Waals surface area contributed by atoms with Crippen molar-refractivity contribution in [2.75, 3.05) is 19.2 Å². The third-order valence-electron chi connectivity index (χ3n) is 3.95. The van der Waals surface area contributed by atoms with Gasteiger partial charge in [-0.05, 0) is 43.3 Å². The molecule has 0 aromatic heterocycles. The maximum atomic E-state index is 12.8. The van der Waals surface area contributed by atoms with Gasteiger partial charge in [0.05, 0.1) is 41.2 Å². The fourth-order valence-electron chi connectivity index (χ4n) is 2.57. The van der Waals surface area contributed by atoms with Crippen molar-refractivity contribution in [2.24, 2.45) is 5.10 Å². The molecule has 1 amide bonds. The van der Waals surface area contributed by atoms with E-state index in [1.165, 1.54) is 5.01 Å². The molecule has 3 rings (SSSR count). The van der Waals surface area contributed by atoms with Gasteiger partial charge >= 0.3 is 0 Å². The van der Waals surface area contributed by atoms with Gasteiger partial charge in [0.15, 0.2) is 0 Å². The van der Waals surface area contributed by atoms with Crippen LogP contribution in [0, 0.1) is 0 Å². The molecule has 0 radical (unpaired) electrons. The Bertz CT molecular complexity index is 938. The Kier molecular flexibility index (Phi) is 5.20. The molecular formula is C19H16Cl2N2O3. The van der Waals surface area contributed by atoms with E-state index in [-0.39, 0.29) is 5.91 Å². The van der Waals surface area contributed by atoms with Gasteiger partial charge in [-0.3, -0.25) is 4.79 Å². The van der Waals surface area contributed by atoms with Crippen molar-refractivity contribution in [1.82, 2.24) is 0 Å². The number of hydrazone groups is 1. The van der Waals surface area contributed by atoms with Crippen LogP contribution in [-0.2, 0) is 4.79 Å². The number of rotatable bonds is 4. The summed E-state index contributed by atoms with van der Waals surface area (Å²) < 4.78 is 10.6. The highest BCUT2D eigenvalue weighted by Crippen LogP contribution is 2.32. The van der Waals surface area contributed by atoms with Crippen molar-refractivity contribution in [2.45, 2.75) is 6.92 Å². The maximum Gasteiger partial charge on any atom is 0.280 e. The predicted molar refractivity (Wildman–Crippen MR) is 105 cm³/mol. The summed E-state index contributed by atoms with van der Waals surface area (Å²) in [5.41, 5.74) is 2.37. The number of methoxy groups -OCH3 is 2. The summed E-state index contributed by atoms with van der Waals surface area (Å²) in [5.74, 6) is 1.02. The van der Waals surface area contributed by atoms with E-state index in [4.69, 9.17) is 32.7 Å². The third kappa shape index (κ3) is 3.41. The molecule has 0 atom stereocenters. The molecule has 0 fully saturated rings. The molecule has 5 nitrogen and oxygen atoms in total. The predicted octanol–water partition coefficient (Wildman–Crippen LogP) is 4.82. The van der Waals surface area contributed by atoms with Gasteiger partial charge < -0.3 is 9.47 Å². The van der Waals surface area contributed by atoms with Gasteiger partial charge in [-0.1, -0.05) is 23.2 Å². The van der Waals surface area contributed by atoms with E-state index in [2.05, 4.69) is 5.10 Å². The topological polar surface area (TPSA) is 51.1 Å². The Labute approximate surface area is 161 Å². The molecule has 0 saturated carbocycles. The number of amides is 1. The van der Waals surface area contributed by atoms with E-state index in [0.717, 1.165) is 5.56 Å². The first-order chi connectivity index (χ1) is 12.4. The van der Waals surface area contributed by atoms with Crippen LogP contribution in [0.15, 0.2) is 47.1 Å². The smallest absolute Gasteiger partial charge is 0.280 e. The Balaban J connectivity index is 1.97. The summed E-state index contributed by atoms with van der Waals surface area (Å²) in [6.45, 7) is 1.78. The highest BCUT2D eigenvalue weighted by atomic mass is 35.5. The van der Waals surface area contributed by atoms with E-state index in [1.54, 1.807) is 57.6 Å². The second kappa shape index (κ2) is 7.40. The molecule has 2 aromatic carbocycles. The largest absolute Gasteiger partial charge is 0.497 e. The van der Waals surface area contributed by atoms with E-state index < -0.39 is 0 Å². The van der Waals surface area contributed by atoms with E-state index >= 15 is 0 Å². The second-order valence-corrected chi connectivity index (χ2v) is 6.38. The van der Waals surface area contributed by atoms with Gasteiger partial charge in [0.2, 0.25) is 0 Å². The lowest BCUT2D eigenvalue weighted by Gasteiger charge is -2.12. The minimum Gasteiger partial charge on any atom is -0.497 e. The van der Waals surface area contributed by atoms with Crippen molar-refractivity contribution >= 4 is 46.6 Å². The SMILES string of the molecule is COc1ccc(C=C2C(=O)N(c3ccc(Cl)c(Cl)c3)N=C2C)c(OC)c1. The molecule has 26 heavy (non-hydrogen) atoms. The minimum absolute atomic E-state index is 0.251. The summed E-state index contributed by atoms with van der Waals surface area (Å²) in [6.07, 6.45) is 1.75. The molecule has 7 heteroatoms. The number of hydrogen-bond donors (Lipinski definition) is 0. The fourth-order valence-corrected chi connectivity index (χ4v) is 2.86. The third-order valence-corrected chi connectivity index (χ3v) is 4.69. The molecule has 0 bridgehead atoms. The quantitative estimate of drug-likeness (QED) is 0.703. The average Bonchev–Trinajstić information content (AvgIpc) is 2.92. The number of hydrogen-bond acceptors (Lipinski definition) is 4. The van der Waals surface area contributed by atoms with Gasteiger partial charge in [0.1, 0.15) is 11.5 Å². The first kappa shape index (κ1) is 18.3. The highest BCUT2D eigenvalue weighted by Gasteiger charge is 2.29. The molecule has 0 spiro atoms.